The van der Waals surface area contributed by atoms with Crippen molar-refractivity contribution in [2.45, 2.75) is 52.0 Å². The molecule has 0 aromatic rings. The molecule has 15 heavy (non-hydrogen) atoms. The lowest BCUT2D eigenvalue weighted by Crippen LogP contribution is -2.51. The molecule has 0 aromatic heterocycles. The van der Waals surface area contributed by atoms with E-state index < -0.39 is 11.5 Å². The number of hydrogen-bond acceptors (Lipinski definition) is 2. The normalized spacial score (nSPS) is 31.1. The summed E-state index contributed by atoms with van der Waals surface area (Å²) in [6.45, 7) is 7.15. The Morgan fingerprint density at radius 1 is 1.60 bits per heavy atom. The Morgan fingerprint density at radius 3 is 2.67 bits per heavy atom. The lowest BCUT2D eigenvalue weighted by atomic mass is 9.94. The van der Waals surface area contributed by atoms with Crippen molar-refractivity contribution in [3.05, 3.63) is 0 Å². The Bertz CT molecular complexity index is 228. The third-order valence-corrected chi connectivity index (χ3v) is 3.45. The summed E-state index contributed by atoms with van der Waals surface area (Å²) < 4.78 is 0. The Hall–Kier alpha value is -0.570. The molecule has 0 aliphatic heterocycles. The molecule has 3 heteroatoms. The van der Waals surface area contributed by atoms with Gasteiger partial charge in [0.25, 0.3) is 0 Å². The Kier molecular flexibility index (Phi) is 4.14. The van der Waals surface area contributed by atoms with Crippen molar-refractivity contribution >= 4 is 5.97 Å². The highest BCUT2D eigenvalue weighted by atomic mass is 16.4. The van der Waals surface area contributed by atoms with Crippen LogP contribution < -0.4 is 5.32 Å². The molecule has 0 spiro atoms. The van der Waals surface area contributed by atoms with E-state index in [2.05, 4.69) is 26.1 Å². The zero-order valence-corrected chi connectivity index (χ0v) is 10.0. The van der Waals surface area contributed by atoms with Gasteiger partial charge in [-0.3, -0.25) is 4.79 Å². The van der Waals surface area contributed by atoms with Crippen LogP contribution in [0.15, 0.2) is 0 Å². The number of aliphatic carboxylic acids is 1. The van der Waals surface area contributed by atoms with Crippen molar-refractivity contribution in [2.24, 2.45) is 11.8 Å². The van der Waals surface area contributed by atoms with E-state index >= 15 is 0 Å². The van der Waals surface area contributed by atoms with Crippen LogP contribution in [0.1, 0.15) is 46.5 Å². The smallest absolute Gasteiger partial charge is 0.323 e. The summed E-state index contributed by atoms with van der Waals surface area (Å²) >= 11 is 0. The van der Waals surface area contributed by atoms with E-state index in [1.807, 2.05) is 0 Å². The third kappa shape index (κ3) is 2.94. The van der Waals surface area contributed by atoms with E-state index in [0.29, 0.717) is 11.8 Å². The molecule has 0 radical (unpaired) electrons. The zero-order chi connectivity index (χ0) is 11.5. The molecule has 1 aliphatic rings. The standard InChI is InChI=1S/C12H23NO2/c1-4-10-5-6-12(7-10,11(14)15)13-8-9(2)3/h9-10,13H,4-8H2,1-3H3,(H,14,15). The van der Waals surface area contributed by atoms with Crippen molar-refractivity contribution < 1.29 is 9.90 Å². The summed E-state index contributed by atoms with van der Waals surface area (Å²) in [5, 5.41) is 12.6. The minimum absolute atomic E-state index is 0.502. The molecule has 0 bridgehead atoms. The molecule has 1 fully saturated rings. The average molecular weight is 213 g/mol. The molecule has 0 amide bonds. The lowest BCUT2D eigenvalue weighted by molar-refractivity contribution is -0.144. The van der Waals surface area contributed by atoms with Crippen LogP contribution in [0, 0.1) is 11.8 Å². The molecule has 2 atom stereocenters. The molecule has 3 nitrogen and oxygen atoms in total. The molecule has 0 heterocycles. The summed E-state index contributed by atoms with van der Waals surface area (Å²) in [4.78, 5) is 11.3. The van der Waals surface area contributed by atoms with Crippen LogP contribution >= 0.6 is 0 Å². The molecular weight excluding hydrogens is 190 g/mol. The molecule has 0 saturated heterocycles. The minimum atomic E-state index is -0.667. The molecule has 1 aliphatic carbocycles. The van der Waals surface area contributed by atoms with E-state index in [1.165, 1.54) is 0 Å². The SMILES string of the molecule is CCC1CCC(NCC(C)C)(C(=O)O)C1. The highest BCUT2D eigenvalue weighted by Gasteiger charge is 2.44. The predicted molar refractivity (Wildman–Crippen MR) is 60.8 cm³/mol. The summed E-state index contributed by atoms with van der Waals surface area (Å²) in [7, 11) is 0. The zero-order valence-electron chi connectivity index (χ0n) is 10.0. The Labute approximate surface area is 92.3 Å². The van der Waals surface area contributed by atoms with Gasteiger partial charge in [-0.1, -0.05) is 27.2 Å². The predicted octanol–water partition coefficient (Wildman–Crippen LogP) is 2.27. The molecule has 2 unspecified atom stereocenters. The molecule has 1 rings (SSSR count). The number of rotatable bonds is 5. The highest BCUT2D eigenvalue weighted by molar-refractivity contribution is 5.79. The van der Waals surface area contributed by atoms with Gasteiger partial charge in [0.15, 0.2) is 0 Å². The van der Waals surface area contributed by atoms with E-state index in [0.717, 1.165) is 32.2 Å². The first-order valence-electron chi connectivity index (χ1n) is 5.98. The van der Waals surface area contributed by atoms with Crippen LogP contribution in [-0.2, 0) is 4.79 Å². The van der Waals surface area contributed by atoms with Crippen LogP contribution in [0.25, 0.3) is 0 Å². The largest absolute Gasteiger partial charge is 0.480 e. The van der Waals surface area contributed by atoms with Crippen molar-refractivity contribution in [1.82, 2.24) is 5.32 Å². The Morgan fingerprint density at radius 2 is 2.27 bits per heavy atom. The van der Waals surface area contributed by atoms with E-state index in [9.17, 15) is 9.90 Å². The van der Waals surface area contributed by atoms with Gasteiger partial charge in [0, 0.05) is 0 Å². The second-order valence-corrected chi connectivity index (χ2v) is 5.18. The van der Waals surface area contributed by atoms with Gasteiger partial charge in [-0.2, -0.15) is 0 Å². The second kappa shape index (κ2) is 4.97. The van der Waals surface area contributed by atoms with Crippen LogP contribution in [0.3, 0.4) is 0 Å². The van der Waals surface area contributed by atoms with Gasteiger partial charge >= 0.3 is 5.97 Å². The van der Waals surface area contributed by atoms with E-state index in [4.69, 9.17) is 0 Å². The van der Waals surface area contributed by atoms with Gasteiger partial charge in [0.05, 0.1) is 0 Å². The number of carboxylic acids is 1. The van der Waals surface area contributed by atoms with Gasteiger partial charge in [-0.15, -0.1) is 0 Å². The van der Waals surface area contributed by atoms with Gasteiger partial charge in [0.2, 0.25) is 0 Å². The number of nitrogens with one attached hydrogen (secondary N) is 1. The monoisotopic (exact) mass is 213 g/mol. The molecule has 88 valence electrons. The summed E-state index contributed by atoms with van der Waals surface area (Å²) in [6.07, 6.45) is 3.73. The average Bonchev–Trinajstić information content (AvgIpc) is 2.59. The number of carbonyl (C=O) groups is 1. The van der Waals surface area contributed by atoms with Gasteiger partial charge in [-0.05, 0) is 37.6 Å². The van der Waals surface area contributed by atoms with Crippen LogP contribution in [-0.4, -0.2) is 23.2 Å². The number of carboxylic acid groups (broad SMARTS) is 1. The van der Waals surface area contributed by atoms with Crippen LogP contribution in [0.5, 0.6) is 0 Å². The molecule has 1 saturated carbocycles. The maximum Gasteiger partial charge on any atom is 0.323 e. The summed E-state index contributed by atoms with van der Waals surface area (Å²) in [5.74, 6) is 0.418. The second-order valence-electron chi connectivity index (χ2n) is 5.18. The first kappa shape index (κ1) is 12.5. The topological polar surface area (TPSA) is 49.3 Å². The third-order valence-electron chi connectivity index (χ3n) is 3.45. The molecular formula is C12H23NO2. The fourth-order valence-corrected chi connectivity index (χ4v) is 2.33. The van der Waals surface area contributed by atoms with Crippen molar-refractivity contribution in [3.8, 4) is 0 Å². The number of hydrogen-bond donors (Lipinski definition) is 2. The van der Waals surface area contributed by atoms with Gasteiger partial charge in [-0.25, -0.2) is 0 Å². The fraction of sp³-hybridized carbons (Fsp3) is 0.917. The van der Waals surface area contributed by atoms with Gasteiger partial charge in [0.1, 0.15) is 5.54 Å². The first-order chi connectivity index (χ1) is 7.00. The van der Waals surface area contributed by atoms with Crippen LogP contribution in [0.2, 0.25) is 0 Å². The van der Waals surface area contributed by atoms with E-state index in [-0.39, 0.29) is 0 Å². The first-order valence-corrected chi connectivity index (χ1v) is 5.98. The lowest BCUT2D eigenvalue weighted by Gasteiger charge is -2.27. The van der Waals surface area contributed by atoms with Gasteiger partial charge < -0.3 is 10.4 Å². The fourth-order valence-electron chi connectivity index (χ4n) is 2.33. The molecule has 2 N–H and O–H groups in total. The summed E-state index contributed by atoms with van der Waals surface area (Å²) in [5.41, 5.74) is -0.634. The van der Waals surface area contributed by atoms with E-state index in [1.54, 1.807) is 0 Å². The van der Waals surface area contributed by atoms with Crippen molar-refractivity contribution in [2.75, 3.05) is 6.54 Å². The minimum Gasteiger partial charge on any atom is -0.480 e. The van der Waals surface area contributed by atoms with Crippen LogP contribution in [0.4, 0.5) is 0 Å². The quantitative estimate of drug-likeness (QED) is 0.736. The van der Waals surface area contributed by atoms with Crippen molar-refractivity contribution in [3.63, 3.8) is 0 Å². The Balaban J connectivity index is 2.60. The maximum absolute atomic E-state index is 11.3. The maximum atomic E-state index is 11.3. The molecule has 0 aromatic carbocycles. The summed E-state index contributed by atoms with van der Waals surface area (Å²) in [6, 6.07) is 0. The van der Waals surface area contributed by atoms with Crippen molar-refractivity contribution in [1.29, 1.82) is 0 Å². The highest BCUT2D eigenvalue weighted by Crippen LogP contribution is 2.36.